The maximum absolute atomic E-state index is 13.0. The van der Waals surface area contributed by atoms with Gasteiger partial charge in [-0.1, -0.05) is 48.9 Å². The first-order valence-electron chi connectivity index (χ1n) is 8.36. The highest BCUT2D eigenvalue weighted by Gasteiger charge is 2.31. The third kappa shape index (κ3) is 5.43. The van der Waals surface area contributed by atoms with E-state index in [2.05, 4.69) is 39.7 Å². The van der Waals surface area contributed by atoms with Crippen molar-refractivity contribution in [2.45, 2.75) is 23.3 Å². The summed E-state index contributed by atoms with van der Waals surface area (Å²) in [5.74, 6) is -0.0412. The molecule has 2 aromatic carbocycles. The van der Waals surface area contributed by atoms with Gasteiger partial charge in [0.15, 0.2) is 0 Å². The van der Waals surface area contributed by atoms with Gasteiger partial charge in [0, 0.05) is 17.1 Å². The number of aryl methyl sites for hydroxylation is 1. The highest BCUT2D eigenvalue weighted by atomic mass is 127. The van der Waals surface area contributed by atoms with Crippen LogP contribution in [0.1, 0.15) is 34.8 Å². The second-order valence-electron chi connectivity index (χ2n) is 6.33. The van der Waals surface area contributed by atoms with Gasteiger partial charge >= 0.3 is 0 Å². The van der Waals surface area contributed by atoms with Crippen LogP contribution < -0.4 is 5.32 Å². The molecule has 1 amide bonds. The fraction of sp³-hybridized carbons (Fsp3) is 0.350. The fourth-order valence-electron chi connectivity index (χ4n) is 2.67. The lowest BCUT2D eigenvalue weighted by atomic mass is 10.0. The topological polar surface area (TPSA) is 32.3 Å². The summed E-state index contributed by atoms with van der Waals surface area (Å²) in [5.41, 5.74) is 2.84. The molecular weight excluding hydrogens is 447 g/mol. The molecule has 2 aromatic rings. The van der Waals surface area contributed by atoms with E-state index in [1.54, 1.807) is 0 Å². The van der Waals surface area contributed by atoms with E-state index in [-0.39, 0.29) is 5.91 Å². The lowest BCUT2D eigenvalue weighted by Gasteiger charge is -2.31. The largest absolute Gasteiger partial charge is 0.334 e. The van der Waals surface area contributed by atoms with Crippen molar-refractivity contribution < 1.29 is 4.79 Å². The zero-order chi connectivity index (χ0) is 18.4. The summed E-state index contributed by atoms with van der Waals surface area (Å²) in [5, 5.41) is 3.95. The van der Waals surface area contributed by atoms with Crippen molar-refractivity contribution in [1.29, 1.82) is 0 Å². The lowest BCUT2D eigenvalue weighted by Crippen LogP contribution is -2.43. The first-order chi connectivity index (χ1) is 11.9. The maximum atomic E-state index is 13.0. The molecule has 5 heteroatoms. The molecule has 0 saturated carbocycles. The molecule has 0 aromatic heterocycles. The number of hydrogen-bond donors (Lipinski definition) is 1. The van der Waals surface area contributed by atoms with Gasteiger partial charge in [-0.2, -0.15) is 0 Å². The van der Waals surface area contributed by atoms with Crippen molar-refractivity contribution in [2.75, 3.05) is 20.6 Å². The normalized spacial score (nSPS) is 13.5. The first kappa shape index (κ1) is 20.2. The van der Waals surface area contributed by atoms with E-state index in [4.69, 9.17) is 11.6 Å². The Morgan fingerprint density at radius 3 is 2.40 bits per heavy atom. The zero-order valence-electron chi connectivity index (χ0n) is 14.9. The number of nitrogens with one attached hydrogen (secondary N) is 1. The Bertz CT molecular complexity index is 718. The number of amides is 1. The van der Waals surface area contributed by atoms with Gasteiger partial charge in [-0.15, -0.1) is 0 Å². The highest BCUT2D eigenvalue weighted by Crippen LogP contribution is 2.34. The Morgan fingerprint density at radius 1 is 1.16 bits per heavy atom. The maximum Gasteiger partial charge on any atom is 0.252 e. The number of rotatable bonds is 7. The van der Waals surface area contributed by atoms with Crippen molar-refractivity contribution in [3.8, 4) is 0 Å². The molecule has 0 aliphatic heterocycles. The van der Waals surface area contributed by atoms with Gasteiger partial charge in [0.2, 0.25) is 0 Å². The van der Waals surface area contributed by atoms with E-state index in [1.807, 2.05) is 62.6 Å². The number of nitrogens with zero attached hydrogens (tertiary/aromatic N) is 1. The van der Waals surface area contributed by atoms with Gasteiger partial charge in [0.25, 0.3) is 5.91 Å². The molecule has 0 radical (unpaired) electrons. The summed E-state index contributed by atoms with van der Waals surface area (Å²) < 4.78 is -0.495. The Morgan fingerprint density at radius 2 is 1.80 bits per heavy atom. The number of carbonyl (C=O) groups is 1. The van der Waals surface area contributed by atoms with Gasteiger partial charge in [-0.3, -0.25) is 4.79 Å². The Balaban J connectivity index is 2.32. The minimum atomic E-state index is -0.495. The molecule has 0 saturated heterocycles. The van der Waals surface area contributed by atoms with Gasteiger partial charge < -0.3 is 10.2 Å². The molecule has 0 heterocycles. The molecule has 1 unspecified atom stereocenters. The van der Waals surface area contributed by atoms with Gasteiger partial charge in [0.1, 0.15) is 3.55 Å². The molecule has 0 aliphatic carbocycles. The van der Waals surface area contributed by atoms with E-state index in [0.717, 1.165) is 36.1 Å². The van der Waals surface area contributed by atoms with Crippen LogP contribution in [0.2, 0.25) is 5.02 Å². The summed E-state index contributed by atoms with van der Waals surface area (Å²) >= 11 is 8.38. The lowest BCUT2D eigenvalue weighted by molar-refractivity contribution is 0.0927. The van der Waals surface area contributed by atoms with E-state index in [1.165, 1.54) is 0 Å². The van der Waals surface area contributed by atoms with Crippen molar-refractivity contribution in [2.24, 2.45) is 0 Å². The number of alkyl halides is 1. The van der Waals surface area contributed by atoms with Crippen LogP contribution in [0, 0.1) is 0 Å². The average Bonchev–Trinajstić information content (AvgIpc) is 2.60. The summed E-state index contributed by atoms with van der Waals surface area (Å²) in [6.07, 6.45) is 1.62. The van der Waals surface area contributed by atoms with Gasteiger partial charge in [0.05, 0.1) is 0 Å². The second kappa shape index (κ2) is 9.01. The third-order valence-corrected chi connectivity index (χ3v) is 5.84. The molecule has 0 aliphatic rings. The molecule has 25 heavy (non-hydrogen) atoms. The van der Waals surface area contributed by atoms with E-state index in [0.29, 0.717) is 5.02 Å². The van der Waals surface area contributed by atoms with E-state index in [9.17, 15) is 4.79 Å². The van der Waals surface area contributed by atoms with Crippen LogP contribution in [-0.4, -0.2) is 31.4 Å². The quantitative estimate of drug-likeness (QED) is 0.356. The smallest absolute Gasteiger partial charge is 0.252 e. The van der Waals surface area contributed by atoms with Crippen molar-refractivity contribution in [1.82, 2.24) is 10.2 Å². The van der Waals surface area contributed by atoms with Crippen LogP contribution in [0.15, 0.2) is 48.5 Å². The minimum absolute atomic E-state index is 0.0412. The monoisotopic (exact) mass is 470 g/mol. The molecule has 0 bridgehead atoms. The molecule has 2 rings (SSSR count). The Labute approximate surface area is 168 Å². The molecule has 134 valence electrons. The molecule has 0 fully saturated rings. The van der Waals surface area contributed by atoms with Crippen molar-refractivity contribution in [3.05, 3.63) is 70.2 Å². The Hall–Kier alpha value is -1.11. The number of halogens is 2. The number of benzene rings is 2. The number of hydrogen-bond acceptors (Lipinski definition) is 2. The predicted molar refractivity (Wildman–Crippen MR) is 114 cm³/mol. The fourth-order valence-corrected chi connectivity index (χ4v) is 3.64. The Kier molecular flexibility index (Phi) is 7.28. The molecular formula is C20H24ClIN2O. The zero-order valence-corrected chi connectivity index (χ0v) is 17.8. The summed E-state index contributed by atoms with van der Waals surface area (Å²) in [6, 6.07) is 15.5. The van der Waals surface area contributed by atoms with Crippen LogP contribution in [0.4, 0.5) is 0 Å². The van der Waals surface area contributed by atoms with Crippen LogP contribution in [0.25, 0.3) is 0 Å². The SMILES string of the molecule is CCc1ccccc1C(=O)NC(I)(CCN(C)C)c1ccc(Cl)cc1. The van der Waals surface area contributed by atoms with Crippen LogP contribution in [-0.2, 0) is 9.97 Å². The molecule has 0 spiro atoms. The standard InChI is InChI=1S/C20H24ClIN2O/c1-4-15-7-5-6-8-18(15)19(25)23-20(22,13-14-24(2)3)16-9-11-17(21)12-10-16/h5-12H,4,13-14H2,1-3H3,(H,23,25). The van der Waals surface area contributed by atoms with Crippen molar-refractivity contribution in [3.63, 3.8) is 0 Å². The van der Waals surface area contributed by atoms with Crippen LogP contribution in [0.5, 0.6) is 0 Å². The second-order valence-corrected chi connectivity index (χ2v) is 8.60. The summed E-state index contributed by atoms with van der Waals surface area (Å²) in [6.45, 7) is 2.93. The van der Waals surface area contributed by atoms with Crippen LogP contribution >= 0.6 is 34.2 Å². The van der Waals surface area contributed by atoms with E-state index >= 15 is 0 Å². The third-order valence-electron chi connectivity index (χ3n) is 4.16. The van der Waals surface area contributed by atoms with Gasteiger partial charge in [-0.25, -0.2) is 0 Å². The molecule has 1 atom stereocenters. The minimum Gasteiger partial charge on any atom is -0.334 e. The molecule has 1 N–H and O–H groups in total. The van der Waals surface area contributed by atoms with Crippen LogP contribution in [0.3, 0.4) is 0 Å². The summed E-state index contributed by atoms with van der Waals surface area (Å²) in [4.78, 5) is 15.1. The summed E-state index contributed by atoms with van der Waals surface area (Å²) in [7, 11) is 4.07. The number of carbonyl (C=O) groups excluding carboxylic acids is 1. The van der Waals surface area contributed by atoms with Crippen molar-refractivity contribution >= 4 is 40.1 Å². The highest BCUT2D eigenvalue weighted by molar-refractivity contribution is 14.1. The average molecular weight is 471 g/mol. The predicted octanol–water partition coefficient (Wildman–Crippen LogP) is 4.87. The first-order valence-corrected chi connectivity index (χ1v) is 9.81. The van der Waals surface area contributed by atoms with Gasteiger partial charge in [-0.05, 0) is 78.9 Å². The molecule has 3 nitrogen and oxygen atoms in total. The van der Waals surface area contributed by atoms with E-state index < -0.39 is 3.55 Å².